The lowest BCUT2D eigenvalue weighted by atomic mass is 10.1. The molecule has 0 bridgehead atoms. The van der Waals surface area contributed by atoms with Crippen molar-refractivity contribution in [1.82, 2.24) is 0 Å². The van der Waals surface area contributed by atoms with Gasteiger partial charge in [-0.1, -0.05) is 0 Å². The quantitative estimate of drug-likeness (QED) is 0.237. The second-order valence-electron chi connectivity index (χ2n) is 4.42. The monoisotopic (exact) mass is 404 g/mol. The summed E-state index contributed by atoms with van der Waals surface area (Å²) in [4.78, 5) is 45.9. The van der Waals surface area contributed by atoms with E-state index in [1.54, 1.807) is 0 Å². The van der Waals surface area contributed by atoms with Gasteiger partial charge in [0.25, 0.3) is 23.9 Å². The molecule has 0 spiro atoms. The van der Waals surface area contributed by atoms with E-state index in [1.807, 2.05) is 0 Å². The molecule has 0 saturated heterocycles. The van der Waals surface area contributed by atoms with Crippen LogP contribution in [0.1, 0.15) is 34.6 Å². The highest BCUT2D eigenvalue weighted by Gasteiger charge is 2.27. The second kappa shape index (κ2) is 23.4. The first-order valence-corrected chi connectivity index (χ1v) is 6.89. The highest BCUT2D eigenvalue weighted by Crippen LogP contribution is 2.02. The minimum absolute atomic E-state index is 0.0935. The fourth-order valence-electron chi connectivity index (χ4n) is 0.568. The molecular formula is C14H28O13. The summed E-state index contributed by atoms with van der Waals surface area (Å²) in [6.07, 6.45) is -5.88. The molecule has 0 aromatic rings. The van der Waals surface area contributed by atoms with Crippen molar-refractivity contribution in [3.63, 3.8) is 0 Å². The maximum atomic E-state index is 9.87. The average Bonchev–Trinajstić information content (AvgIpc) is 2.42. The van der Waals surface area contributed by atoms with Gasteiger partial charge in [0.05, 0.1) is 6.10 Å². The van der Waals surface area contributed by atoms with Crippen LogP contribution in [-0.4, -0.2) is 95.4 Å². The molecule has 0 aliphatic rings. The van der Waals surface area contributed by atoms with E-state index in [0.717, 1.165) is 27.7 Å². The third-order valence-corrected chi connectivity index (χ3v) is 1.33. The van der Waals surface area contributed by atoms with Gasteiger partial charge in [-0.05, 0) is 6.92 Å². The first-order chi connectivity index (χ1) is 11.9. The Hall–Kier alpha value is -2.61. The third-order valence-electron chi connectivity index (χ3n) is 1.33. The van der Waals surface area contributed by atoms with Crippen molar-refractivity contribution in [2.75, 3.05) is 0 Å². The Morgan fingerprint density at radius 1 is 0.630 bits per heavy atom. The molecule has 4 atom stereocenters. The highest BCUT2D eigenvalue weighted by atomic mass is 16.4. The first kappa shape index (κ1) is 35.5. The number of hydrogen-bond donors (Lipinski definition) is 8. The zero-order valence-corrected chi connectivity index (χ0v) is 15.5. The van der Waals surface area contributed by atoms with E-state index in [0.29, 0.717) is 0 Å². The Bertz CT molecular complexity index is 355. The van der Waals surface area contributed by atoms with Gasteiger partial charge < -0.3 is 45.6 Å². The minimum Gasteiger partial charge on any atom is -0.481 e. The summed E-state index contributed by atoms with van der Waals surface area (Å²) >= 11 is 0. The summed E-state index contributed by atoms with van der Waals surface area (Å²) in [6, 6.07) is 0. The molecule has 0 saturated carbocycles. The number of rotatable bonds is 4. The molecule has 0 radical (unpaired) electrons. The Labute approximate surface area is 155 Å². The first-order valence-electron chi connectivity index (χ1n) is 6.89. The molecule has 0 aromatic carbocycles. The number of aliphatic carboxylic acids is 4. The van der Waals surface area contributed by atoms with Crippen molar-refractivity contribution >= 4 is 30.2 Å². The predicted molar refractivity (Wildman–Crippen MR) is 89.0 cm³/mol. The van der Waals surface area contributed by atoms with E-state index < -0.39 is 48.3 Å². The van der Waals surface area contributed by atoms with Crippen LogP contribution in [0, 0.1) is 0 Å². The lowest BCUT2D eigenvalue weighted by Crippen LogP contribution is -2.43. The SMILES string of the molecule is CC(=O)O.CC(=O)O.CC(=O)O.CC(=O)O.C[C@H](O)[C@@H](O)[C@@H](O)[C@H](O)C=O. The van der Waals surface area contributed by atoms with Crippen LogP contribution in [0.15, 0.2) is 0 Å². The van der Waals surface area contributed by atoms with Crippen molar-refractivity contribution in [2.24, 2.45) is 0 Å². The van der Waals surface area contributed by atoms with Crippen molar-refractivity contribution in [1.29, 1.82) is 0 Å². The predicted octanol–water partition coefficient (Wildman–Crippen LogP) is -1.99. The van der Waals surface area contributed by atoms with Gasteiger partial charge >= 0.3 is 0 Å². The van der Waals surface area contributed by atoms with Gasteiger partial charge in [-0.15, -0.1) is 0 Å². The normalized spacial score (nSPS) is 12.6. The van der Waals surface area contributed by atoms with Gasteiger partial charge in [0, 0.05) is 27.7 Å². The van der Waals surface area contributed by atoms with Crippen LogP contribution in [0.25, 0.3) is 0 Å². The topological polar surface area (TPSA) is 247 Å². The number of aliphatic hydroxyl groups excluding tert-OH is 4. The Balaban J connectivity index is -0.0000000841. The van der Waals surface area contributed by atoms with E-state index in [4.69, 9.17) is 60.0 Å². The molecule has 0 aliphatic carbocycles. The molecule has 0 aromatic heterocycles. The van der Waals surface area contributed by atoms with Crippen LogP contribution in [0.3, 0.4) is 0 Å². The fraction of sp³-hybridized carbons (Fsp3) is 0.643. The van der Waals surface area contributed by atoms with Crippen molar-refractivity contribution in [2.45, 2.75) is 59.0 Å². The molecule has 13 nitrogen and oxygen atoms in total. The summed E-state index contributed by atoms with van der Waals surface area (Å²) in [5.74, 6) is -3.33. The summed E-state index contributed by atoms with van der Waals surface area (Å²) < 4.78 is 0. The van der Waals surface area contributed by atoms with Gasteiger partial charge in [-0.2, -0.15) is 0 Å². The van der Waals surface area contributed by atoms with Crippen molar-refractivity contribution in [3.05, 3.63) is 0 Å². The molecule has 27 heavy (non-hydrogen) atoms. The smallest absolute Gasteiger partial charge is 0.300 e. The summed E-state index contributed by atoms with van der Waals surface area (Å²) in [5.41, 5.74) is 0. The summed E-state index contributed by atoms with van der Waals surface area (Å²) in [5, 5.41) is 64.8. The average molecular weight is 404 g/mol. The zero-order chi connectivity index (χ0) is 23.3. The molecule has 8 N–H and O–H groups in total. The number of carboxylic acid groups (broad SMARTS) is 4. The Morgan fingerprint density at radius 2 is 0.815 bits per heavy atom. The van der Waals surface area contributed by atoms with Gasteiger partial charge in [-0.25, -0.2) is 0 Å². The number of aldehydes is 1. The van der Waals surface area contributed by atoms with E-state index in [2.05, 4.69) is 0 Å². The summed E-state index contributed by atoms with van der Waals surface area (Å²) in [6.45, 7) is 5.57. The van der Waals surface area contributed by atoms with Crippen LogP contribution < -0.4 is 0 Å². The Morgan fingerprint density at radius 3 is 0.926 bits per heavy atom. The number of carbonyl (C=O) groups excluding carboxylic acids is 1. The summed E-state index contributed by atoms with van der Waals surface area (Å²) in [7, 11) is 0. The fourth-order valence-corrected chi connectivity index (χ4v) is 0.568. The van der Waals surface area contributed by atoms with E-state index >= 15 is 0 Å². The van der Waals surface area contributed by atoms with Crippen molar-refractivity contribution in [3.8, 4) is 0 Å². The molecule has 0 amide bonds. The minimum atomic E-state index is -1.65. The number of carboxylic acids is 4. The van der Waals surface area contributed by atoms with E-state index in [1.165, 1.54) is 6.92 Å². The largest absolute Gasteiger partial charge is 0.481 e. The lowest BCUT2D eigenvalue weighted by Gasteiger charge is -2.21. The zero-order valence-electron chi connectivity index (χ0n) is 15.5. The molecule has 162 valence electrons. The maximum absolute atomic E-state index is 9.87. The van der Waals surface area contributed by atoms with Crippen LogP contribution in [-0.2, 0) is 24.0 Å². The van der Waals surface area contributed by atoms with E-state index in [9.17, 15) is 4.79 Å². The Kier molecular flexibility index (Phi) is 30.7. The van der Waals surface area contributed by atoms with Gasteiger partial charge in [0.2, 0.25) is 0 Å². The van der Waals surface area contributed by atoms with Gasteiger partial charge in [0.15, 0.2) is 6.29 Å². The molecule has 0 aliphatic heterocycles. The molecular weight excluding hydrogens is 376 g/mol. The van der Waals surface area contributed by atoms with Crippen LogP contribution in [0.2, 0.25) is 0 Å². The molecule has 0 rings (SSSR count). The number of carbonyl (C=O) groups is 5. The maximum Gasteiger partial charge on any atom is 0.300 e. The van der Waals surface area contributed by atoms with Crippen LogP contribution in [0.4, 0.5) is 0 Å². The number of hydrogen-bond acceptors (Lipinski definition) is 9. The van der Waals surface area contributed by atoms with Crippen LogP contribution >= 0.6 is 0 Å². The number of aliphatic hydroxyl groups is 4. The molecule has 0 unspecified atom stereocenters. The third kappa shape index (κ3) is 82.5. The second-order valence-corrected chi connectivity index (χ2v) is 4.42. The molecule has 0 fully saturated rings. The van der Waals surface area contributed by atoms with Gasteiger partial charge in [-0.3, -0.25) is 19.2 Å². The highest BCUT2D eigenvalue weighted by molar-refractivity contribution is 5.63. The molecule has 0 heterocycles. The van der Waals surface area contributed by atoms with Gasteiger partial charge in [0.1, 0.15) is 18.3 Å². The van der Waals surface area contributed by atoms with Crippen molar-refractivity contribution < 1.29 is 64.8 Å². The standard InChI is InChI=1S/C6H12O5.4C2H4O2/c1-3(8)5(10)6(11)4(9)2-7;4*1-2(3)4/h2-6,8-11H,1H3;4*1H3,(H,3,4)/t3-,4+,5+,6-;;;;/m0..../s1. The van der Waals surface area contributed by atoms with Crippen LogP contribution in [0.5, 0.6) is 0 Å². The van der Waals surface area contributed by atoms with E-state index in [-0.39, 0.29) is 6.29 Å². The molecule has 13 heteroatoms. The lowest BCUT2D eigenvalue weighted by molar-refractivity contribution is -0.135.